The molecule has 1 saturated heterocycles. The smallest absolute Gasteiger partial charge is 0.226 e. The number of amides is 1. The fourth-order valence-electron chi connectivity index (χ4n) is 4.41. The summed E-state index contributed by atoms with van der Waals surface area (Å²) >= 11 is 0. The van der Waals surface area contributed by atoms with E-state index in [-0.39, 0.29) is 17.7 Å². The summed E-state index contributed by atoms with van der Waals surface area (Å²) in [6, 6.07) is 0. The Morgan fingerprint density at radius 1 is 1.24 bits per heavy atom. The van der Waals surface area contributed by atoms with Crippen LogP contribution >= 0.6 is 0 Å². The van der Waals surface area contributed by atoms with Crippen LogP contribution in [0.3, 0.4) is 0 Å². The van der Waals surface area contributed by atoms with Crippen molar-refractivity contribution in [3.8, 4) is 11.3 Å². The van der Waals surface area contributed by atoms with E-state index in [1.165, 1.54) is 0 Å². The van der Waals surface area contributed by atoms with Crippen molar-refractivity contribution >= 4 is 16.9 Å². The second kappa shape index (κ2) is 5.11. The van der Waals surface area contributed by atoms with Crippen molar-refractivity contribution in [2.75, 3.05) is 13.6 Å². The van der Waals surface area contributed by atoms with Gasteiger partial charge < -0.3 is 4.90 Å². The first-order chi connectivity index (χ1) is 12.1. The molecule has 0 aromatic carbocycles. The van der Waals surface area contributed by atoms with Crippen LogP contribution in [0, 0.1) is 11.8 Å². The number of carbonyl (C=O) groups excluding carboxylic acids is 1. The lowest BCUT2D eigenvalue weighted by Crippen LogP contribution is -2.43. The van der Waals surface area contributed by atoms with Gasteiger partial charge in [0.05, 0.1) is 12.4 Å². The van der Waals surface area contributed by atoms with Gasteiger partial charge in [0.15, 0.2) is 0 Å². The number of H-pyrrole nitrogens is 1. The summed E-state index contributed by atoms with van der Waals surface area (Å²) in [5.41, 5.74) is 3.29. The predicted octanol–water partition coefficient (Wildman–Crippen LogP) is 1.34. The standard InChI is InChI=1S/C17H19N7O/c1-23-7-9-3-4-11(17(23)25)13(9)16-18-6-12-15(20-16)14(22-21-12)10-5-19-24(2)8-10/h5-6,8-9,11,13H,3-4,7H2,1-2H3,(H,21,22). The first-order valence-corrected chi connectivity index (χ1v) is 8.57. The predicted molar refractivity (Wildman–Crippen MR) is 90.5 cm³/mol. The van der Waals surface area contributed by atoms with Crippen molar-refractivity contribution < 1.29 is 4.79 Å². The lowest BCUT2D eigenvalue weighted by atomic mass is 9.84. The molecule has 2 bridgehead atoms. The average molecular weight is 337 g/mol. The summed E-state index contributed by atoms with van der Waals surface area (Å²) in [4.78, 5) is 23.8. The molecule has 1 saturated carbocycles. The largest absolute Gasteiger partial charge is 0.345 e. The van der Waals surface area contributed by atoms with Crippen LogP contribution in [0.2, 0.25) is 0 Å². The summed E-state index contributed by atoms with van der Waals surface area (Å²) in [7, 11) is 3.77. The first kappa shape index (κ1) is 14.6. The monoisotopic (exact) mass is 337 g/mol. The fraction of sp³-hybridized carbons (Fsp3) is 0.471. The normalized spacial score (nSPS) is 25.9. The minimum Gasteiger partial charge on any atom is -0.345 e. The third-order valence-electron chi connectivity index (χ3n) is 5.59. The zero-order chi connectivity index (χ0) is 17.1. The highest BCUT2D eigenvalue weighted by Gasteiger charge is 2.48. The summed E-state index contributed by atoms with van der Waals surface area (Å²) in [5, 5.41) is 11.6. The fourth-order valence-corrected chi connectivity index (χ4v) is 4.41. The number of aromatic nitrogens is 6. The number of aryl methyl sites for hydroxylation is 1. The molecule has 25 heavy (non-hydrogen) atoms. The number of aromatic amines is 1. The molecule has 3 atom stereocenters. The van der Waals surface area contributed by atoms with Crippen molar-refractivity contribution in [2.24, 2.45) is 18.9 Å². The zero-order valence-corrected chi connectivity index (χ0v) is 14.2. The Morgan fingerprint density at radius 2 is 2.12 bits per heavy atom. The minimum atomic E-state index is 0.00921. The van der Waals surface area contributed by atoms with E-state index in [2.05, 4.69) is 20.3 Å². The van der Waals surface area contributed by atoms with Crippen molar-refractivity contribution in [2.45, 2.75) is 18.8 Å². The van der Waals surface area contributed by atoms with Gasteiger partial charge in [-0.15, -0.1) is 0 Å². The molecule has 3 unspecified atom stereocenters. The Bertz CT molecular complexity index is 974. The van der Waals surface area contributed by atoms with Gasteiger partial charge in [-0.3, -0.25) is 14.6 Å². The molecule has 128 valence electrons. The van der Waals surface area contributed by atoms with Gasteiger partial charge in [-0.1, -0.05) is 0 Å². The molecule has 2 aliphatic rings. The molecule has 1 aliphatic carbocycles. The molecule has 4 heterocycles. The second-order valence-corrected chi connectivity index (χ2v) is 7.15. The third kappa shape index (κ3) is 2.09. The van der Waals surface area contributed by atoms with Crippen LogP contribution in [0.15, 0.2) is 18.6 Å². The highest BCUT2D eigenvalue weighted by atomic mass is 16.2. The molecule has 0 spiro atoms. The van der Waals surface area contributed by atoms with Crippen molar-refractivity contribution in [3.05, 3.63) is 24.4 Å². The maximum absolute atomic E-state index is 12.5. The van der Waals surface area contributed by atoms with Crippen molar-refractivity contribution in [1.82, 2.24) is 34.8 Å². The van der Waals surface area contributed by atoms with Gasteiger partial charge in [0.2, 0.25) is 5.91 Å². The SMILES string of the molecule is CN1CC2CCC(C1=O)C2c1ncc2[nH]nc(-c3cnn(C)c3)c2n1. The third-order valence-corrected chi connectivity index (χ3v) is 5.59. The van der Waals surface area contributed by atoms with Crippen molar-refractivity contribution in [1.29, 1.82) is 0 Å². The number of hydrogen-bond acceptors (Lipinski definition) is 5. The second-order valence-electron chi connectivity index (χ2n) is 7.15. The van der Waals surface area contributed by atoms with E-state index in [9.17, 15) is 4.79 Å². The maximum Gasteiger partial charge on any atom is 0.226 e. The van der Waals surface area contributed by atoms with Crippen LogP contribution < -0.4 is 0 Å². The molecular formula is C17H19N7O. The molecule has 3 aromatic rings. The van der Waals surface area contributed by atoms with Gasteiger partial charge in [0.1, 0.15) is 22.6 Å². The zero-order valence-electron chi connectivity index (χ0n) is 14.2. The molecular weight excluding hydrogens is 318 g/mol. The highest BCUT2D eigenvalue weighted by Crippen LogP contribution is 2.47. The molecule has 1 N–H and O–H groups in total. The van der Waals surface area contributed by atoms with Crippen molar-refractivity contribution in [3.63, 3.8) is 0 Å². The number of fused-ring (bicyclic) bond motifs is 3. The van der Waals surface area contributed by atoms with E-state index in [1.54, 1.807) is 17.1 Å². The van der Waals surface area contributed by atoms with E-state index >= 15 is 0 Å². The number of rotatable bonds is 2. The number of nitrogens with one attached hydrogen (secondary N) is 1. The molecule has 1 aliphatic heterocycles. The molecule has 3 aromatic heterocycles. The van der Waals surface area contributed by atoms with Crippen LogP contribution in [-0.4, -0.2) is 54.3 Å². The number of piperidine rings is 1. The van der Waals surface area contributed by atoms with Gasteiger partial charge >= 0.3 is 0 Å². The van der Waals surface area contributed by atoms with E-state index < -0.39 is 0 Å². The van der Waals surface area contributed by atoms with Crippen LogP contribution in [0.5, 0.6) is 0 Å². The van der Waals surface area contributed by atoms with Gasteiger partial charge in [-0.2, -0.15) is 10.2 Å². The molecule has 2 fully saturated rings. The molecule has 5 rings (SSSR count). The molecule has 8 nitrogen and oxygen atoms in total. The highest BCUT2D eigenvalue weighted by molar-refractivity contribution is 5.88. The lowest BCUT2D eigenvalue weighted by Gasteiger charge is -2.34. The Balaban J connectivity index is 1.60. The van der Waals surface area contributed by atoms with E-state index in [1.807, 2.05) is 25.2 Å². The quantitative estimate of drug-likeness (QED) is 0.762. The molecule has 0 radical (unpaired) electrons. The Morgan fingerprint density at radius 3 is 2.92 bits per heavy atom. The van der Waals surface area contributed by atoms with Gasteiger partial charge in [0, 0.05) is 44.2 Å². The molecule has 8 heteroatoms. The number of likely N-dealkylation sites (tertiary alicyclic amines) is 1. The van der Waals surface area contributed by atoms with Crippen LogP contribution in [-0.2, 0) is 11.8 Å². The van der Waals surface area contributed by atoms with Gasteiger partial charge in [-0.05, 0) is 18.8 Å². The maximum atomic E-state index is 12.5. The van der Waals surface area contributed by atoms with Crippen LogP contribution in [0.25, 0.3) is 22.3 Å². The van der Waals surface area contributed by atoms with Crippen LogP contribution in [0.4, 0.5) is 0 Å². The van der Waals surface area contributed by atoms with E-state index in [0.717, 1.165) is 47.5 Å². The average Bonchev–Trinajstić information content (AvgIpc) is 3.29. The van der Waals surface area contributed by atoms with Crippen LogP contribution in [0.1, 0.15) is 24.6 Å². The summed E-state index contributed by atoms with van der Waals surface area (Å²) in [5.74, 6) is 1.56. The first-order valence-electron chi connectivity index (χ1n) is 8.57. The van der Waals surface area contributed by atoms with Gasteiger partial charge in [-0.25, -0.2) is 9.97 Å². The lowest BCUT2D eigenvalue weighted by molar-refractivity contribution is -0.137. The summed E-state index contributed by atoms with van der Waals surface area (Å²) < 4.78 is 1.74. The topological polar surface area (TPSA) is 92.6 Å². The minimum absolute atomic E-state index is 0.00921. The summed E-state index contributed by atoms with van der Waals surface area (Å²) in [6.07, 6.45) is 7.47. The number of nitrogens with zero attached hydrogens (tertiary/aromatic N) is 6. The van der Waals surface area contributed by atoms with Gasteiger partial charge in [0.25, 0.3) is 0 Å². The number of hydrogen-bond donors (Lipinski definition) is 1. The Kier molecular flexibility index (Phi) is 2.98. The summed E-state index contributed by atoms with van der Waals surface area (Å²) in [6.45, 7) is 0.794. The Hall–Kier alpha value is -2.77. The Labute approximate surface area is 144 Å². The number of carbonyl (C=O) groups is 1. The van der Waals surface area contributed by atoms with E-state index in [0.29, 0.717) is 5.92 Å². The van der Waals surface area contributed by atoms with E-state index in [4.69, 9.17) is 4.98 Å². The molecule has 1 amide bonds.